The average molecular weight is 463 g/mol. The van der Waals surface area contributed by atoms with Crippen molar-refractivity contribution in [1.29, 1.82) is 0 Å². The zero-order valence-corrected chi connectivity index (χ0v) is 18.6. The van der Waals surface area contributed by atoms with Crippen molar-refractivity contribution in [1.82, 2.24) is 16.2 Å². The van der Waals surface area contributed by atoms with Crippen molar-refractivity contribution in [2.75, 3.05) is 11.9 Å². The molecule has 0 aliphatic rings. The first kappa shape index (κ1) is 24.1. The first-order valence-corrected chi connectivity index (χ1v) is 10.2. The second kappa shape index (κ2) is 11.9. The Balaban J connectivity index is 1.73. The van der Waals surface area contributed by atoms with E-state index in [1.165, 1.54) is 0 Å². The van der Waals surface area contributed by atoms with Gasteiger partial charge in [-0.15, -0.1) is 0 Å². The Kier molecular flexibility index (Phi) is 9.23. The van der Waals surface area contributed by atoms with Crippen LogP contribution >= 0.6 is 23.8 Å². The largest absolute Gasteiger partial charge is 0.484 e. The number of hydrogen-bond donors (Lipinski definition) is 4. The van der Waals surface area contributed by atoms with E-state index in [0.717, 1.165) is 0 Å². The van der Waals surface area contributed by atoms with Gasteiger partial charge in [0, 0.05) is 22.7 Å². The molecule has 4 N–H and O–H groups in total. The van der Waals surface area contributed by atoms with Crippen LogP contribution in [0.4, 0.5) is 5.69 Å². The fourth-order valence-corrected chi connectivity index (χ4v) is 2.64. The Morgan fingerprint density at radius 3 is 2.23 bits per heavy atom. The molecule has 0 aliphatic heterocycles. The van der Waals surface area contributed by atoms with E-state index in [9.17, 15) is 14.4 Å². The maximum atomic E-state index is 12.2. The number of halogens is 1. The molecule has 0 spiro atoms. The topological polar surface area (TPSA) is 109 Å². The predicted octanol–water partition coefficient (Wildman–Crippen LogP) is 3.04. The molecule has 31 heavy (non-hydrogen) atoms. The number of carbonyl (C=O) groups is 3. The lowest BCUT2D eigenvalue weighted by atomic mass is 10.1. The van der Waals surface area contributed by atoms with Crippen LogP contribution in [0.5, 0.6) is 5.75 Å². The van der Waals surface area contributed by atoms with Crippen LogP contribution in [0, 0.1) is 5.92 Å². The zero-order chi connectivity index (χ0) is 22.8. The molecule has 3 amide bonds. The SMILES string of the molecule is CC(C)CC(=O)Nc1ccc(C(=O)NNC(=S)NC(=O)COc2ccc(Cl)cc2)cc1. The van der Waals surface area contributed by atoms with E-state index in [2.05, 4.69) is 21.5 Å². The molecular weight excluding hydrogens is 440 g/mol. The Morgan fingerprint density at radius 2 is 1.61 bits per heavy atom. The molecule has 0 unspecified atom stereocenters. The number of anilines is 1. The van der Waals surface area contributed by atoms with Crippen molar-refractivity contribution in [3.63, 3.8) is 0 Å². The van der Waals surface area contributed by atoms with E-state index in [-0.39, 0.29) is 23.5 Å². The molecular formula is C21H23ClN4O4S. The van der Waals surface area contributed by atoms with Crippen molar-refractivity contribution < 1.29 is 19.1 Å². The van der Waals surface area contributed by atoms with E-state index in [1.54, 1.807) is 48.5 Å². The molecule has 0 saturated carbocycles. The van der Waals surface area contributed by atoms with Crippen LogP contribution in [0.25, 0.3) is 0 Å². The smallest absolute Gasteiger partial charge is 0.269 e. The number of thiocarbonyl (C=S) groups is 1. The maximum absolute atomic E-state index is 12.2. The molecule has 10 heteroatoms. The first-order valence-electron chi connectivity index (χ1n) is 9.41. The number of benzene rings is 2. The Morgan fingerprint density at radius 1 is 0.968 bits per heavy atom. The standard InChI is InChI=1S/C21H23ClN4O4S/c1-13(2)11-18(27)23-16-7-3-14(4-8-16)20(29)25-26-21(31)24-19(28)12-30-17-9-5-15(22)6-10-17/h3-10,13H,11-12H2,1-2H3,(H,23,27)(H,25,29)(H2,24,26,28,31). The Labute approximate surface area is 190 Å². The molecule has 0 bridgehead atoms. The van der Waals surface area contributed by atoms with Crippen molar-refractivity contribution in [3.8, 4) is 5.75 Å². The number of ether oxygens (including phenoxy) is 1. The van der Waals surface area contributed by atoms with Gasteiger partial charge < -0.3 is 10.1 Å². The molecule has 0 heterocycles. The van der Waals surface area contributed by atoms with Gasteiger partial charge in [-0.2, -0.15) is 0 Å². The van der Waals surface area contributed by atoms with Crippen LogP contribution in [0.1, 0.15) is 30.6 Å². The lowest BCUT2D eigenvalue weighted by molar-refractivity contribution is -0.121. The van der Waals surface area contributed by atoms with Crippen LogP contribution in [-0.4, -0.2) is 29.4 Å². The van der Waals surface area contributed by atoms with Crippen molar-refractivity contribution in [2.45, 2.75) is 20.3 Å². The van der Waals surface area contributed by atoms with Crippen LogP contribution in [-0.2, 0) is 9.59 Å². The highest BCUT2D eigenvalue weighted by molar-refractivity contribution is 7.80. The van der Waals surface area contributed by atoms with Crippen LogP contribution in [0.3, 0.4) is 0 Å². The maximum Gasteiger partial charge on any atom is 0.269 e. The van der Waals surface area contributed by atoms with E-state index < -0.39 is 11.8 Å². The summed E-state index contributed by atoms with van der Waals surface area (Å²) in [5.74, 6) is -0.313. The van der Waals surface area contributed by atoms with Gasteiger partial charge in [0.25, 0.3) is 11.8 Å². The summed E-state index contributed by atoms with van der Waals surface area (Å²) in [5, 5.41) is 5.62. The van der Waals surface area contributed by atoms with E-state index in [4.69, 9.17) is 28.6 Å². The molecule has 0 saturated heterocycles. The molecule has 0 fully saturated rings. The molecule has 2 rings (SSSR count). The van der Waals surface area contributed by atoms with Crippen LogP contribution in [0.15, 0.2) is 48.5 Å². The van der Waals surface area contributed by atoms with Crippen LogP contribution < -0.4 is 26.2 Å². The van der Waals surface area contributed by atoms with Gasteiger partial charge in [0.05, 0.1) is 0 Å². The third-order valence-corrected chi connectivity index (χ3v) is 4.21. The summed E-state index contributed by atoms with van der Waals surface area (Å²) in [5.41, 5.74) is 5.76. The summed E-state index contributed by atoms with van der Waals surface area (Å²) in [6.45, 7) is 3.65. The zero-order valence-electron chi connectivity index (χ0n) is 17.0. The van der Waals surface area contributed by atoms with Gasteiger partial charge in [-0.3, -0.25) is 30.6 Å². The lowest BCUT2D eigenvalue weighted by Gasteiger charge is -2.12. The van der Waals surface area contributed by atoms with Gasteiger partial charge in [-0.25, -0.2) is 0 Å². The van der Waals surface area contributed by atoms with Crippen LogP contribution in [0.2, 0.25) is 5.02 Å². The highest BCUT2D eigenvalue weighted by Gasteiger charge is 2.10. The third-order valence-electron chi connectivity index (χ3n) is 3.75. The minimum absolute atomic E-state index is 0.0874. The van der Waals surface area contributed by atoms with Gasteiger partial charge in [0.2, 0.25) is 5.91 Å². The molecule has 0 radical (unpaired) electrons. The number of nitrogens with one attached hydrogen (secondary N) is 4. The second-order valence-electron chi connectivity index (χ2n) is 6.92. The molecule has 164 valence electrons. The number of hydrogen-bond acceptors (Lipinski definition) is 5. The summed E-state index contributed by atoms with van der Waals surface area (Å²) >= 11 is 10.8. The Hall–Kier alpha value is -3.17. The van der Waals surface area contributed by atoms with Gasteiger partial charge in [0.1, 0.15) is 5.75 Å². The molecule has 0 aromatic heterocycles. The molecule has 8 nitrogen and oxygen atoms in total. The van der Waals surface area contributed by atoms with Crippen molar-refractivity contribution in [2.24, 2.45) is 5.92 Å². The van der Waals surface area contributed by atoms with E-state index in [0.29, 0.717) is 28.4 Å². The second-order valence-corrected chi connectivity index (χ2v) is 7.77. The predicted molar refractivity (Wildman–Crippen MR) is 123 cm³/mol. The van der Waals surface area contributed by atoms with E-state index >= 15 is 0 Å². The summed E-state index contributed by atoms with van der Waals surface area (Å²) < 4.78 is 5.30. The molecule has 0 aliphatic carbocycles. The Bertz CT molecular complexity index is 933. The minimum Gasteiger partial charge on any atom is -0.484 e. The number of hydrazine groups is 1. The minimum atomic E-state index is -0.497. The summed E-state index contributed by atoms with van der Waals surface area (Å²) in [6.07, 6.45) is 0.417. The quantitative estimate of drug-likeness (QED) is 0.372. The molecule has 0 atom stereocenters. The number of carbonyl (C=O) groups excluding carboxylic acids is 3. The molecule has 2 aromatic carbocycles. The fraction of sp³-hybridized carbons (Fsp3) is 0.238. The van der Waals surface area contributed by atoms with Gasteiger partial charge in [-0.05, 0) is 66.7 Å². The number of amides is 3. The van der Waals surface area contributed by atoms with Gasteiger partial charge in [-0.1, -0.05) is 25.4 Å². The first-order chi connectivity index (χ1) is 14.7. The van der Waals surface area contributed by atoms with Gasteiger partial charge >= 0.3 is 0 Å². The highest BCUT2D eigenvalue weighted by Crippen LogP contribution is 2.15. The average Bonchev–Trinajstić information content (AvgIpc) is 2.71. The van der Waals surface area contributed by atoms with Crippen molar-refractivity contribution in [3.05, 3.63) is 59.1 Å². The monoisotopic (exact) mass is 462 g/mol. The van der Waals surface area contributed by atoms with Crippen molar-refractivity contribution >= 4 is 52.3 Å². The summed E-state index contributed by atoms with van der Waals surface area (Å²) in [6, 6.07) is 12.9. The number of rotatable bonds is 7. The van der Waals surface area contributed by atoms with Gasteiger partial charge in [0.15, 0.2) is 11.7 Å². The normalized spacial score (nSPS) is 10.2. The lowest BCUT2D eigenvalue weighted by Crippen LogP contribution is -2.49. The highest BCUT2D eigenvalue weighted by atomic mass is 35.5. The summed E-state index contributed by atoms with van der Waals surface area (Å²) in [7, 11) is 0. The summed E-state index contributed by atoms with van der Waals surface area (Å²) in [4.78, 5) is 35.8. The molecule has 2 aromatic rings. The van der Waals surface area contributed by atoms with E-state index in [1.807, 2.05) is 13.8 Å². The third kappa shape index (κ3) is 9.02. The fourth-order valence-electron chi connectivity index (χ4n) is 2.35.